The number of nitrogens with zero attached hydrogens (tertiary/aromatic N) is 2. The number of hydrogen-bond acceptors (Lipinski definition) is 3. The van der Waals surface area contributed by atoms with E-state index in [1.807, 2.05) is 13.8 Å². The predicted octanol–water partition coefficient (Wildman–Crippen LogP) is 0.161. The third kappa shape index (κ3) is 1.78. The molecule has 4 heteroatoms. The fourth-order valence-corrected chi connectivity index (χ4v) is 1.29. The molecule has 72 valence electrons. The van der Waals surface area contributed by atoms with Crippen LogP contribution in [0, 0.1) is 20.8 Å². The minimum absolute atomic E-state index is 0.0242. The first-order valence-corrected chi connectivity index (χ1v) is 4.23. The van der Waals surface area contributed by atoms with Gasteiger partial charge in [0.2, 0.25) is 0 Å². The van der Waals surface area contributed by atoms with Crippen molar-refractivity contribution in [2.24, 2.45) is 0 Å². The minimum Gasteiger partial charge on any atom is -0.395 e. The molecule has 13 heavy (non-hydrogen) atoms. The summed E-state index contributed by atoms with van der Waals surface area (Å²) in [6, 6.07) is 0. The molecule has 1 aromatic rings. The monoisotopic (exact) mass is 182 g/mol. The predicted molar refractivity (Wildman–Crippen MR) is 49.8 cm³/mol. The molecule has 1 aromatic heterocycles. The molecule has 0 unspecified atom stereocenters. The molecule has 0 bridgehead atoms. The molecule has 4 nitrogen and oxygen atoms in total. The van der Waals surface area contributed by atoms with Crippen LogP contribution in [-0.4, -0.2) is 21.3 Å². The van der Waals surface area contributed by atoms with Gasteiger partial charge in [0.05, 0.1) is 12.3 Å². The van der Waals surface area contributed by atoms with Crippen molar-refractivity contribution < 1.29 is 5.11 Å². The summed E-state index contributed by atoms with van der Waals surface area (Å²) in [4.78, 5) is 15.6. The lowest BCUT2D eigenvalue weighted by Crippen LogP contribution is -2.28. The number of hydrogen-bond donors (Lipinski definition) is 1. The summed E-state index contributed by atoms with van der Waals surface area (Å²) < 4.78 is 1.55. The van der Waals surface area contributed by atoms with Crippen LogP contribution >= 0.6 is 0 Å². The van der Waals surface area contributed by atoms with E-state index in [2.05, 4.69) is 4.98 Å². The highest BCUT2D eigenvalue weighted by atomic mass is 16.3. The van der Waals surface area contributed by atoms with Gasteiger partial charge in [0.25, 0.3) is 5.56 Å². The molecule has 0 spiro atoms. The molecule has 0 saturated carbocycles. The van der Waals surface area contributed by atoms with E-state index in [1.54, 1.807) is 11.5 Å². The minimum atomic E-state index is -0.114. The van der Waals surface area contributed by atoms with Gasteiger partial charge in [0.1, 0.15) is 5.69 Å². The highest BCUT2D eigenvalue weighted by Crippen LogP contribution is 2.00. The maximum atomic E-state index is 11.5. The largest absolute Gasteiger partial charge is 0.395 e. The van der Waals surface area contributed by atoms with Crippen LogP contribution in [0.4, 0.5) is 0 Å². The van der Waals surface area contributed by atoms with Gasteiger partial charge in [-0.3, -0.25) is 9.78 Å². The van der Waals surface area contributed by atoms with Gasteiger partial charge in [0.15, 0.2) is 0 Å². The Morgan fingerprint density at radius 1 is 1.31 bits per heavy atom. The summed E-state index contributed by atoms with van der Waals surface area (Å²) in [5, 5.41) is 8.77. The van der Waals surface area contributed by atoms with Crippen LogP contribution in [0.25, 0.3) is 0 Å². The molecular weight excluding hydrogens is 168 g/mol. The van der Waals surface area contributed by atoms with Gasteiger partial charge in [0, 0.05) is 12.2 Å². The molecule has 1 rings (SSSR count). The van der Waals surface area contributed by atoms with E-state index in [-0.39, 0.29) is 12.2 Å². The molecule has 0 aliphatic heterocycles. The van der Waals surface area contributed by atoms with E-state index in [9.17, 15) is 4.79 Å². The topological polar surface area (TPSA) is 55.1 Å². The fraction of sp³-hybridized carbons (Fsp3) is 0.556. The Morgan fingerprint density at radius 2 is 1.92 bits per heavy atom. The van der Waals surface area contributed by atoms with Crippen molar-refractivity contribution in [3.05, 3.63) is 27.4 Å². The SMILES string of the molecule is Cc1nc(C)c(=O)n(CCO)c1C. The Kier molecular flexibility index (Phi) is 2.83. The smallest absolute Gasteiger partial charge is 0.272 e. The average Bonchev–Trinajstić information content (AvgIpc) is 2.09. The number of aromatic nitrogens is 2. The van der Waals surface area contributed by atoms with Crippen LogP contribution in [0.1, 0.15) is 17.1 Å². The Balaban J connectivity index is 3.37. The normalized spacial score (nSPS) is 10.5. The first-order chi connectivity index (χ1) is 6.07. The van der Waals surface area contributed by atoms with Crippen molar-refractivity contribution in [1.82, 2.24) is 9.55 Å². The zero-order valence-corrected chi connectivity index (χ0v) is 8.16. The third-order valence-electron chi connectivity index (χ3n) is 2.14. The van der Waals surface area contributed by atoms with Gasteiger partial charge in [-0.1, -0.05) is 0 Å². The van der Waals surface area contributed by atoms with Crippen molar-refractivity contribution in [1.29, 1.82) is 0 Å². The molecule has 0 amide bonds. The molecule has 0 aromatic carbocycles. The van der Waals surface area contributed by atoms with Crippen molar-refractivity contribution in [3.63, 3.8) is 0 Å². The zero-order valence-electron chi connectivity index (χ0n) is 8.16. The van der Waals surface area contributed by atoms with Gasteiger partial charge in [-0.15, -0.1) is 0 Å². The van der Waals surface area contributed by atoms with Crippen molar-refractivity contribution in [2.75, 3.05) is 6.61 Å². The zero-order chi connectivity index (χ0) is 10.0. The first-order valence-electron chi connectivity index (χ1n) is 4.23. The second-order valence-corrected chi connectivity index (χ2v) is 3.05. The molecular formula is C9H14N2O2. The molecule has 0 aliphatic carbocycles. The number of aryl methyl sites for hydroxylation is 2. The van der Waals surface area contributed by atoms with Gasteiger partial charge >= 0.3 is 0 Å². The molecule has 1 N–H and O–H groups in total. The Bertz CT molecular complexity index is 369. The Hall–Kier alpha value is -1.16. The lowest BCUT2D eigenvalue weighted by molar-refractivity contribution is 0.272. The maximum absolute atomic E-state index is 11.5. The number of aliphatic hydroxyl groups excluding tert-OH is 1. The summed E-state index contributed by atoms with van der Waals surface area (Å²) >= 11 is 0. The van der Waals surface area contributed by atoms with E-state index < -0.39 is 0 Å². The van der Waals surface area contributed by atoms with Gasteiger partial charge in [-0.05, 0) is 20.8 Å². The van der Waals surface area contributed by atoms with Crippen LogP contribution in [0.3, 0.4) is 0 Å². The second-order valence-electron chi connectivity index (χ2n) is 3.05. The molecule has 0 saturated heterocycles. The van der Waals surface area contributed by atoms with E-state index in [1.165, 1.54) is 0 Å². The third-order valence-corrected chi connectivity index (χ3v) is 2.14. The highest BCUT2D eigenvalue weighted by Gasteiger charge is 2.06. The first kappa shape index (κ1) is 9.92. The van der Waals surface area contributed by atoms with Crippen LogP contribution in [-0.2, 0) is 6.54 Å². The lowest BCUT2D eigenvalue weighted by Gasteiger charge is -2.10. The second kappa shape index (κ2) is 3.70. The van der Waals surface area contributed by atoms with E-state index in [4.69, 9.17) is 5.11 Å². The molecule has 1 heterocycles. The number of rotatable bonds is 2. The van der Waals surface area contributed by atoms with Gasteiger partial charge < -0.3 is 9.67 Å². The van der Waals surface area contributed by atoms with Crippen LogP contribution in [0.15, 0.2) is 4.79 Å². The van der Waals surface area contributed by atoms with Crippen molar-refractivity contribution in [3.8, 4) is 0 Å². The van der Waals surface area contributed by atoms with E-state index >= 15 is 0 Å². The highest BCUT2D eigenvalue weighted by molar-refractivity contribution is 5.12. The van der Waals surface area contributed by atoms with Gasteiger partial charge in [-0.25, -0.2) is 0 Å². The van der Waals surface area contributed by atoms with Crippen LogP contribution in [0.2, 0.25) is 0 Å². The van der Waals surface area contributed by atoms with Crippen LogP contribution < -0.4 is 5.56 Å². The molecule has 0 fully saturated rings. The maximum Gasteiger partial charge on any atom is 0.272 e. The molecule has 0 atom stereocenters. The van der Waals surface area contributed by atoms with Crippen molar-refractivity contribution in [2.45, 2.75) is 27.3 Å². The molecule has 0 radical (unpaired) electrons. The summed E-state index contributed by atoms with van der Waals surface area (Å²) in [5.74, 6) is 0. The summed E-state index contributed by atoms with van der Waals surface area (Å²) in [6.07, 6.45) is 0. The van der Waals surface area contributed by atoms with Gasteiger partial charge in [-0.2, -0.15) is 0 Å². The van der Waals surface area contributed by atoms with Crippen LogP contribution in [0.5, 0.6) is 0 Å². The quantitative estimate of drug-likeness (QED) is 0.709. The lowest BCUT2D eigenvalue weighted by atomic mass is 10.3. The summed E-state index contributed by atoms with van der Waals surface area (Å²) in [7, 11) is 0. The Morgan fingerprint density at radius 3 is 2.46 bits per heavy atom. The van der Waals surface area contributed by atoms with Crippen molar-refractivity contribution >= 4 is 0 Å². The number of aliphatic hydroxyl groups is 1. The van der Waals surface area contributed by atoms with E-state index in [0.29, 0.717) is 12.2 Å². The average molecular weight is 182 g/mol. The summed E-state index contributed by atoms with van der Waals surface area (Å²) in [6.45, 7) is 5.69. The Labute approximate surface area is 76.9 Å². The van der Waals surface area contributed by atoms with E-state index in [0.717, 1.165) is 11.4 Å². The standard InChI is InChI=1S/C9H14N2O2/c1-6-8(3)11(4-5-12)9(13)7(2)10-6/h12H,4-5H2,1-3H3. The summed E-state index contributed by atoms with van der Waals surface area (Å²) in [5.41, 5.74) is 2.03. The fourth-order valence-electron chi connectivity index (χ4n) is 1.29. The molecule has 0 aliphatic rings.